The van der Waals surface area contributed by atoms with E-state index in [0.29, 0.717) is 0 Å². The van der Waals surface area contributed by atoms with Gasteiger partial charge in [0.25, 0.3) is 0 Å². The molecule has 2 saturated heterocycles. The molecule has 2 fully saturated rings. The minimum absolute atomic E-state index is 0.0527. The van der Waals surface area contributed by atoms with Crippen LogP contribution in [0.1, 0.15) is 26.7 Å². The summed E-state index contributed by atoms with van der Waals surface area (Å²) in [6.07, 6.45) is -1.28. The van der Waals surface area contributed by atoms with Crippen LogP contribution in [0.15, 0.2) is 0 Å². The molecule has 2 aliphatic rings. The highest BCUT2D eigenvalue weighted by Gasteiger charge is 2.49. The van der Waals surface area contributed by atoms with Crippen LogP contribution in [0, 0.1) is 5.41 Å². The van der Waals surface area contributed by atoms with Crippen molar-refractivity contribution in [1.29, 1.82) is 0 Å². The van der Waals surface area contributed by atoms with Crippen LogP contribution in [0.2, 0.25) is 0 Å². The molecule has 9 nitrogen and oxygen atoms in total. The first-order valence-corrected chi connectivity index (χ1v) is 8.12. The van der Waals surface area contributed by atoms with E-state index in [-0.39, 0.29) is 56.8 Å². The molecule has 0 aromatic heterocycles. The van der Waals surface area contributed by atoms with Crippen molar-refractivity contribution in [3.63, 3.8) is 0 Å². The molecule has 0 aliphatic carbocycles. The fourth-order valence-corrected chi connectivity index (χ4v) is 3.11. The van der Waals surface area contributed by atoms with Crippen molar-refractivity contribution >= 4 is 17.8 Å². The number of methoxy groups -OCH3 is 1. The third kappa shape index (κ3) is 5.38. The molecular formula is C16H24NO8-. The van der Waals surface area contributed by atoms with Gasteiger partial charge in [-0.15, -0.1) is 0 Å². The summed E-state index contributed by atoms with van der Waals surface area (Å²) in [5.41, 5.74) is -0.704. The number of nitrogens with one attached hydrogen (secondary N) is 1. The highest BCUT2D eigenvalue weighted by Crippen LogP contribution is 2.30. The van der Waals surface area contributed by atoms with E-state index in [1.165, 1.54) is 7.11 Å². The lowest BCUT2D eigenvalue weighted by Gasteiger charge is -2.26. The molecule has 0 saturated carbocycles. The quantitative estimate of drug-likeness (QED) is 0.514. The molecule has 0 bridgehead atoms. The Hall–Kier alpha value is -1.71. The monoisotopic (exact) mass is 358 g/mol. The highest BCUT2D eigenvalue weighted by atomic mass is 16.6. The van der Waals surface area contributed by atoms with E-state index in [2.05, 4.69) is 10.1 Å². The van der Waals surface area contributed by atoms with Gasteiger partial charge < -0.3 is 34.2 Å². The SMILES string of the molecule is COC(=O)CO[C@@H]1CO[C@H]2[C@@H]1OC[C@@H]2NC(=O)CC(C)(C)CC(=O)[O-]. The molecule has 142 valence electrons. The minimum Gasteiger partial charge on any atom is -0.550 e. The number of carboxylic acids is 1. The Kier molecular flexibility index (Phi) is 6.36. The van der Waals surface area contributed by atoms with Gasteiger partial charge in [0.1, 0.15) is 24.9 Å². The Morgan fingerprint density at radius 3 is 2.48 bits per heavy atom. The van der Waals surface area contributed by atoms with E-state index in [9.17, 15) is 19.5 Å². The largest absolute Gasteiger partial charge is 0.550 e. The maximum Gasteiger partial charge on any atom is 0.331 e. The zero-order chi connectivity index (χ0) is 18.6. The normalized spacial score (nSPS) is 28.4. The van der Waals surface area contributed by atoms with E-state index in [0.717, 1.165) is 0 Å². The van der Waals surface area contributed by atoms with Crippen molar-refractivity contribution < 1.29 is 38.4 Å². The summed E-state index contributed by atoms with van der Waals surface area (Å²) in [6, 6.07) is -0.344. The Morgan fingerprint density at radius 1 is 1.16 bits per heavy atom. The number of ether oxygens (including phenoxy) is 4. The number of hydrogen-bond donors (Lipinski definition) is 1. The number of hydrogen-bond acceptors (Lipinski definition) is 8. The second-order valence-electron chi connectivity index (χ2n) is 7.09. The maximum atomic E-state index is 12.2. The molecule has 2 rings (SSSR count). The van der Waals surface area contributed by atoms with Crippen molar-refractivity contribution in [1.82, 2.24) is 5.32 Å². The van der Waals surface area contributed by atoms with Gasteiger partial charge in [0.2, 0.25) is 5.91 Å². The van der Waals surface area contributed by atoms with Crippen molar-refractivity contribution in [2.24, 2.45) is 5.41 Å². The fourth-order valence-electron chi connectivity index (χ4n) is 3.11. The zero-order valence-electron chi connectivity index (χ0n) is 14.6. The highest BCUT2D eigenvalue weighted by molar-refractivity contribution is 5.78. The molecular weight excluding hydrogens is 334 g/mol. The lowest BCUT2D eigenvalue weighted by Crippen LogP contribution is -2.45. The van der Waals surface area contributed by atoms with Gasteiger partial charge in [0, 0.05) is 12.4 Å². The summed E-state index contributed by atoms with van der Waals surface area (Å²) < 4.78 is 21.2. The first-order valence-electron chi connectivity index (χ1n) is 8.12. The summed E-state index contributed by atoms with van der Waals surface area (Å²) in [6.45, 7) is 3.72. The third-order valence-corrected chi connectivity index (χ3v) is 4.26. The summed E-state index contributed by atoms with van der Waals surface area (Å²) in [7, 11) is 1.28. The van der Waals surface area contributed by atoms with Gasteiger partial charge in [-0.1, -0.05) is 13.8 Å². The second kappa shape index (κ2) is 8.11. The number of carbonyl (C=O) groups excluding carboxylic acids is 3. The van der Waals surface area contributed by atoms with Crippen LogP contribution in [0.5, 0.6) is 0 Å². The first-order chi connectivity index (χ1) is 11.7. The van der Waals surface area contributed by atoms with Crippen LogP contribution in [0.25, 0.3) is 0 Å². The Balaban J connectivity index is 1.82. The summed E-state index contributed by atoms with van der Waals surface area (Å²) in [5.74, 6) is -1.95. The number of aliphatic carboxylic acids is 1. The molecule has 0 spiro atoms. The molecule has 25 heavy (non-hydrogen) atoms. The average molecular weight is 358 g/mol. The van der Waals surface area contributed by atoms with Gasteiger partial charge in [-0.25, -0.2) is 4.79 Å². The molecule has 1 N–H and O–H groups in total. The smallest absolute Gasteiger partial charge is 0.331 e. The molecule has 9 heteroatoms. The molecule has 0 aromatic carbocycles. The average Bonchev–Trinajstić information content (AvgIpc) is 3.06. The Morgan fingerprint density at radius 2 is 1.84 bits per heavy atom. The lowest BCUT2D eigenvalue weighted by molar-refractivity contribution is -0.307. The molecule has 2 aliphatic heterocycles. The molecule has 1 amide bonds. The maximum absolute atomic E-state index is 12.2. The number of fused-ring (bicyclic) bond motifs is 1. The first kappa shape index (κ1) is 19.6. The summed E-state index contributed by atoms with van der Waals surface area (Å²) >= 11 is 0. The molecule has 0 radical (unpaired) electrons. The van der Waals surface area contributed by atoms with Crippen LogP contribution in [-0.4, -0.2) is 69.1 Å². The van der Waals surface area contributed by atoms with Gasteiger partial charge in [0.05, 0.1) is 26.4 Å². The minimum atomic E-state index is -1.19. The van der Waals surface area contributed by atoms with Crippen LogP contribution >= 0.6 is 0 Å². The van der Waals surface area contributed by atoms with Crippen LogP contribution in [0.3, 0.4) is 0 Å². The molecule has 2 heterocycles. The standard InChI is InChI=1S/C16H25NO8/c1-16(2,5-12(19)20)4-11(18)17-9-6-24-15-10(7-25-14(9)15)23-8-13(21)22-3/h9-10,14-15H,4-8H2,1-3H3,(H,17,18)(H,19,20)/p-1/t9-,10+,14+,15+/m0/s1. The predicted molar refractivity (Wildman–Crippen MR) is 81.2 cm³/mol. The lowest BCUT2D eigenvalue weighted by atomic mass is 9.85. The van der Waals surface area contributed by atoms with Gasteiger partial charge in [-0.2, -0.15) is 0 Å². The zero-order valence-corrected chi connectivity index (χ0v) is 14.6. The van der Waals surface area contributed by atoms with Gasteiger partial charge in [-0.3, -0.25) is 4.79 Å². The van der Waals surface area contributed by atoms with E-state index in [1.807, 2.05) is 0 Å². The number of esters is 1. The topological polar surface area (TPSA) is 123 Å². The molecule has 0 unspecified atom stereocenters. The second-order valence-corrected chi connectivity index (χ2v) is 7.09. The number of rotatable bonds is 8. The Labute approximate surface area is 145 Å². The van der Waals surface area contributed by atoms with Crippen molar-refractivity contribution in [2.75, 3.05) is 26.9 Å². The molecule has 0 aromatic rings. The Bertz CT molecular complexity index is 520. The van der Waals surface area contributed by atoms with Crippen molar-refractivity contribution in [2.45, 2.75) is 51.0 Å². The number of carbonyl (C=O) groups is 3. The van der Waals surface area contributed by atoms with E-state index in [4.69, 9.17) is 14.2 Å². The van der Waals surface area contributed by atoms with Gasteiger partial charge in [-0.05, 0) is 11.8 Å². The summed E-state index contributed by atoms with van der Waals surface area (Å²) in [4.78, 5) is 34.1. The number of carboxylic acid groups (broad SMARTS) is 1. The van der Waals surface area contributed by atoms with Crippen LogP contribution in [0.4, 0.5) is 0 Å². The van der Waals surface area contributed by atoms with Gasteiger partial charge in [0.15, 0.2) is 0 Å². The number of amides is 1. The van der Waals surface area contributed by atoms with E-state index in [1.54, 1.807) is 13.8 Å². The predicted octanol–water partition coefficient (Wildman–Crippen LogP) is -1.62. The molecule has 4 atom stereocenters. The summed E-state index contributed by atoms with van der Waals surface area (Å²) in [5, 5.41) is 13.6. The van der Waals surface area contributed by atoms with Gasteiger partial charge >= 0.3 is 5.97 Å². The fraction of sp³-hybridized carbons (Fsp3) is 0.812. The van der Waals surface area contributed by atoms with Crippen molar-refractivity contribution in [3.8, 4) is 0 Å². The van der Waals surface area contributed by atoms with Crippen LogP contribution < -0.4 is 10.4 Å². The van der Waals surface area contributed by atoms with E-state index >= 15 is 0 Å². The van der Waals surface area contributed by atoms with E-state index < -0.39 is 23.5 Å². The third-order valence-electron chi connectivity index (χ3n) is 4.26. The van der Waals surface area contributed by atoms with Crippen LogP contribution in [-0.2, 0) is 33.3 Å². The van der Waals surface area contributed by atoms with Crippen molar-refractivity contribution in [3.05, 3.63) is 0 Å².